The molecule has 2 aliphatic rings. The van der Waals surface area contributed by atoms with Gasteiger partial charge in [-0.1, -0.05) is 6.42 Å². The molecule has 1 aromatic carbocycles. The van der Waals surface area contributed by atoms with E-state index in [1.165, 1.54) is 54.7 Å². The molecule has 0 unspecified atom stereocenters. The smallest absolute Gasteiger partial charge is 0.0994 e. The fourth-order valence-corrected chi connectivity index (χ4v) is 3.14. The molecule has 0 saturated heterocycles. The van der Waals surface area contributed by atoms with E-state index in [-0.39, 0.29) is 0 Å². The van der Waals surface area contributed by atoms with Crippen LogP contribution in [0.25, 0.3) is 5.69 Å². The average Bonchev–Trinajstić information content (AvgIpc) is 2.85. The molecule has 98 valence electrons. The van der Waals surface area contributed by atoms with E-state index in [4.69, 9.17) is 0 Å². The molecule has 0 amide bonds. The van der Waals surface area contributed by atoms with Crippen molar-refractivity contribution < 1.29 is 0 Å². The van der Waals surface area contributed by atoms with Crippen molar-refractivity contribution in [2.75, 3.05) is 11.9 Å². The number of anilines is 1. The van der Waals surface area contributed by atoms with Gasteiger partial charge in [0, 0.05) is 35.7 Å². The Morgan fingerprint density at radius 2 is 2.16 bits per heavy atom. The van der Waals surface area contributed by atoms with Gasteiger partial charge in [-0.05, 0) is 49.4 Å². The third-order valence-electron chi connectivity index (χ3n) is 4.50. The van der Waals surface area contributed by atoms with Crippen molar-refractivity contribution in [2.45, 2.75) is 38.0 Å². The topological polar surface area (TPSA) is 29.9 Å². The maximum absolute atomic E-state index is 4.36. The summed E-state index contributed by atoms with van der Waals surface area (Å²) in [6.07, 6.45) is 10.4. The number of benzene rings is 1. The largest absolute Gasteiger partial charge is 0.385 e. The van der Waals surface area contributed by atoms with Crippen LogP contribution in [0.1, 0.15) is 42.9 Å². The molecule has 1 aliphatic heterocycles. The normalized spacial score (nSPS) is 18.5. The number of imidazole rings is 1. The maximum Gasteiger partial charge on any atom is 0.0994 e. The van der Waals surface area contributed by atoms with Crippen molar-refractivity contribution in [3.05, 3.63) is 42.0 Å². The van der Waals surface area contributed by atoms with Crippen molar-refractivity contribution >= 4 is 5.69 Å². The second kappa shape index (κ2) is 4.41. The van der Waals surface area contributed by atoms with Crippen molar-refractivity contribution in [1.82, 2.24) is 9.55 Å². The van der Waals surface area contributed by atoms with Crippen LogP contribution in [0.3, 0.4) is 0 Å². The van der Waals surface area contributed by atoms with Gasteiger partial charge in [0.2, 0.25) is 0 Å². The summed E-state index contributed by atoms with van der Waals surface area (Å²) in [6.45, 7) is 1.10. The van der Waals surface area contributed by atoms with Crippen molar-refractivity contribution in [2.24, 2.45) is 0 Å². The number of rotatable bonds is 2. The van der Waals surface area contributed by atoms with Gasteiger partial charge in [-0.2, -0.15) is 0 Å². The van der Waals surface area contributed by atoms with Gasteiger partial charge in [-0.25, -0.2) is 4.98 Å². The fourth-order valence-electron chi connectivity index (χ4n) is 3.14. The number of aromatic nitrogens is 2. The molecular formula is C16H19N3. The highest BCUT2D eigenvalue weighted by Crippen LogP contribution is 2.37. The molecule has 0 atom stereocenters. The van der Waals surface area contributed by atoms with Crippen molar-refractivity contribution in [1.29, 1.82) is 0 Å². The molecule has 3 heteroatoms. The molecule has 0 spiro atoms. The Balaban J connectivity index is 1.74. The lowest BCUT2D eigenvalue weighted by atomic mass is 9.83. The summed E-state index contributed by atoms with van der Waals surface area (Å²) in [5, 5.41) is 3.47. The Hall–Kier alpha value is -1.77. The lowest BCUT2D eigenvalue weighted by molar-refractivity contribution is 0.407. The van der Waals surface area contributed by atoms with Gasteiger partial charge in [0.25, 0.3) is 0 Å². The molecule has 1 aliphatic carbocycles. The second-order valence-corrected chi connectivity index (χ2v) is 5.69. The zero-order valence-electron chi connectivity index (χ0n) is 11.1. The summed E-state index contributed by atoms with van der Waals surface area (Å²) < 4.78 is 2.28. The monoisotopic (exact) mass is 253 g/mol. The summed E-state index contributed by atoms with van der Waals surface area (Å²) in [6, 6.07) is 6.75. The SMILES string of the molecule is c1cc2c(cc1-n1cncc1C1CCC1)CCCN2. The van der Waals surface area contributed by atoms with Crippen LogP contribution in [0.2, 0.25) is 0 Å². The highest BCUT2D eigenvalue weighted by Gasteiger charge is 2.23. The first-order valence-corrected chi connectivity index (χ1v) is 7.31. The van der Waals surface area contributed by atoms with Crippen molar-refractivity contribution in [3.8, 4) is 5.69 Å². The third kappa shape index (κ3) is 1.84. The minimum atomic E-state index is 0.719. The van der Waals surface area contributed by atoms with Crippen LogP contribution in [0.15, 0.2) is 30.7 Å². The first-order valence-electron chi connectivity index (χ1n) is 7.31. The number of fused-ring (bicyclic) bond motifs is 1. The first kappa shape index (κ1) is 11.1. The van der Waals surface area contributed by atoms with E-state index >= 15 is 0 Å². The van der Waals surface area contributed by atoms with Crippen molar-refractivity contribution in [3.63, 3.8) is 0 Å². The number of nitrogens with one attached hydrogen (secondary N) is 1. The van der Waals surface area contributed by atoms with Gasteiger partial charge in [-0.3, -0.25) is 0 Å². The second-order valence-electron chi connectivity index (χ2n) is 5.69. The Bertz CT molecular complexity index is 596. The lowest BCUT2D eigenvalue weighted by Gasteiger charge is -2.27. The third-order valence-corrected chi connectivity index (χ3v) is 4.50. The molecule has 1 N–H and O–H groups in total. The van der Waals surface area contributed by atoms with E-state index in [2.05, 4.69) is 33.1 Å². The summed E-state index contributed by atoms with van der Waals surface area (Å²) in [5.74, 6) is 0.719. The molecule has 2 aromatic rings. The molecule has 2 heterocycles. The summed E-state index contributed by atoms with van der Waals surface area (Å²) in [5.41, 5.74) is 5.40. The first-order chi connectivity index (χ1) is 9.42. The van der Waals surface area contributed by atoms with Crippen LogP contribution in [0.5, 0.6) is 0 Å². The van der Waals surface area contributed by atoms with Gasteiger partial charge >= 0.3 is 0 Å². The Morgan fingerprint density at radius 1 is 1.21 bits per heavy atom. The molecule has 0 radical (unpaired) electrons. The van der Waals surface area contributed by atoms with Gasteiger partial charge in [0.1, 0.15) is 0 Å². The van der Waals surface area contributed by atoms with E-state index in [1.807, 2.05) is 12.5 Å². The highest BCUT2D eigenvalue weighted by molar-refractivity contribution is 5.57. The predicted octanol–water partition coefficient (Wildman–Crippen LogP) is 3.50. The molecule has 1 saturated carbocycles. The highest BCUT2D eigenvalue weighted by atomic mass is 15.1. The van der Waals surface area contributed by atoms with E-state index in [9.17, 15) is 0 Å². The molecular weight excluding hydrogens is 234 g/mol. The van der Waals surface area contributed by atoms with E-state index < -0.39 is 0 Å². The predicted molar refractivity (Wildman–Crippen MR) is 77.0 cm³/mol. The molecule has 1 aromatic heterocycles. The number of aryl methyl sites for hydroxylation is 1. The van der Waals surface area contributed by atoms with Crippen LogP contribution < -0.4 is 5.32 Å². The summed E-state index contributed by atoms with van der Waals surface area (Å²) in [7, 11) is 0. The Kier molecular flexibility index (Phi) is 2.57. The molecule has 0 bridgehead atoms. The zero-order valence-corrected chi connectivity index (χ0v) is 11.1. The van der Waals surface area contributed by atoms with Crippen LogP contribution in [0.4, 0.5) is 5.69 Å². The average molecular weight is 253 g/mol. The molecule has 3 nitrogen and oxygen atoms in total. The molecule has 1 fully saturated rings. The van der Waals surface area contributed by atoms with Gasteiger partial charge in [0.05, 0.1) is 6.33 Å². The van der Waals surface area contributed by atoms with Gasteiger partial charge in [-0.15, -0.1) is 0 Å². The van der Waals surface area contributed by atoms with E-state index in [0.717, 1.165) is 12.5 Å². The minimum Gasteiger partial charge on any atom is -0.385 e. The molecule has 4 rings (SSSR count). The Labute approximate surface area is 113 Å². The number of nitrogens with zero attached hydrogens (tertiary/aromatic N) is 2. The van der Waals surface area contributed by atoms with Gasteiger partial charge in [0.15, 0.2) is 0 Å². The molecule has 19 heavy (non-hydrogen) atoms. The standard InChI is InChI=1S/C16H19N3/c1-3-12(4-1)16-10-17-11-19(16)14-6-7-15-13(9-14)5-2-8-18-15/h6-7,9-12,18H,1-5,8H2. The van der Waals surface area contributed by atoms with Crippen LogP contribution in [-0.2, 0) is 6.42 Å². The van der Waals surface area contributed by atoms with Crippen LogP contribution in [-0.4, -0.2) is 16.1 Å². The zero-order chi connectivity index (χ0) is 12.7. The fraction of sp³-hybridized carbons (Fsp3) is 0.438. The minimum absolute atomic E-state index is 0.719. The number of hydrogen-bond acceptors (Lipinski definition) is 2. The Morgan fingerprint density at radius 3 is 3.00 bits per heavy atom. The van der Waals surface area contributed by atoms with Crippen LogP contribution >= 0.6 is 0 Å². The quantitative estimate of drug-likeness (QED) is 0.887. The lowest BCUT2D eigenvalue weighted by Crippen LogP contribution is -2.14. The van der Waals surface area contributed by atoms with Gasteiger partial charge < -0.3 is 9.88 Å². The van der Waals surface area contributed by atoms with E-state index in [1.54, 1.807) is 0 Å². The summed E-state index contributed by atoms with van der Waals surface area (Å²) >= 11 is 0. The number of hydrogen-bond donors (Lipinski definition) is 1. The summed E-state index contributed by atoms with van der Waals surface area (Å²) in [4.78, 5) is 4.36. The van der Waals surface area contributed by atoms with Crippen LogP contribution in [0, 0.1) is 0 Å². The van der Waals surface area contributed by atoms with E-state index in [0.29, 0.717) is 0 Å². The maximum atomic E-state index is 4.36.